The average Bonchev–Trinajstić information content (AvgIpc) is 2.70. The lowest BCUT2D eigenvalue weighted by atomic mass is 10.3. The second-order valence-corrected chi connectivity index (χ2v) is 5.42. The number of aryl methyl sites for hydroxylation is 1. The maximum atomic E-state index is 11.7. The van der Waals surface area contributed by atoms with E-state index in [4.69, 9.17) is 0 Å². The van der Waals surface area contributed by atoms with Crippen LogP contribution in [0.2, 0.25) is 0 Å². The van der Waals surface area contributed by atoms with Gasteiger partial charge in [0.15, 0.2) is 5.13 Å². The summed E-state index contributed by atoms with van der Waals surface area (Å²) in [6.07, 6.45) is 2.11. The number of rotatable bonds is 4. The van der Waals surface area contributed by atoms with Crippen LogP contribution in [0.5, 0.6) is 0 Å². The molecule has 1 amide bonds. The summed E-state index contributed by atoms with van der Waals surface area (Å²) in [6, 6.07) is 5.65. The van der Waals surface area contributed by atoms with Gasteiger partial charge in [-0.1, -0.05) is 6.07 Å². The first-order valence-corrected chi connectivity index (χ1v) is 6.72. The SMILES string of the molecule is Cc1nc(Nc2ccccn2)sc1CC(=O)N(C)C. The lowest BCUT2D eigenvalue weighted by Gasteiger charge is -2.08. The van der Waals surface area contributed by atoms with E-state index in [0.717, 1.165) is 21.5 Å². The first kappa shape index (κ1) is 13.5. The summed E-state index contributed by atoms with van der Waals surface area (Å²) in [4.78, 5) is 22.9. The van der Waals surface area contributed by atoms with E-state index in [2.05, 4.69) is 15.3 Å². The molecule has 2 rings (SSSR count). The molecule has 0 aliphatic carbocycles. The molecule has 2 aromatic heterocycles. The van der Waals surface area contributed by atoms with Crippen molar-refractivity contribution in [2.75, 3.05) is 19.4 Å². The topological polar surface area (TPSA) is 58.1 Å². The molecule has 0 aliphatic heterocycles. The van der Waals surface area contributed by atoms with Crippen LogP contribution in [-0.2, 0) is 11.2 Å². The van der Waals surface area contributed by atoms with Crippen LogP contribution in [0, 0.1) is 6.92 Å². The molecule has 19 heavy (non-hydrogen) atoms. The summed E-state index contributed by atoms with van der Waals surface area (Å²) in [5, 5.41) is 3.90. The summed E-state index contributed by atoms with van der Waals surface area (Å²) in [7, 11) is 3.51. The molecule has 0 saturated heterocycles. The minimum absolute atomic E-state index is 0.0798. The molecule has 0 bridgehead atoms. The summed E-state index contributed by atoms with van der Waals surface area (Å²) >= 11 is 1.49. The number of nitrogens with zero attached hydrogens (tertiary/aromatic N) is 3. The zero-order valence-corrected chi connectivity index (χ0v) is 12.0. The molecule has 0 spiro atoms. The van der Waals surface area contributed by atoms with Gasteiger partial charge in [-0.05, 0) is 19.1 Å². The van der Waals surface area contributed by atoms with E-state index >= 15 is 0 Å². The maximum Gasteiger partial charge on any atom is 0.227 e. The van der Waals surface area contributed by atoms with Crippen LogP contribution in [0.4, 0.5) is 10.9 Å². The molecular weight excluding hydrogens is 260 g/mol. The van der Waals surface area contributed by atoms with Gasteiger partial charge in [-0.25, -0.2) is 9.97 Å². The summed E-state index contributed by atoms with van der Waals surface area (Å²) in [6.45, 7) is 1.92. The Kier molecular flexibility index (Phi) is 4.11. The van der Waals surface area contributed by atoms with Crippen LogP contribution in [0.25, 0.3) is 0 Å². The number of aromatic nitrogens is 2. The van der Waals surface area contributed by atoms with Gasteiger partial charge in [0.25, 0.3) is 0 Å². The molecule has 1 N–H and O–H groups in total. The third kappa shape index (κ3) is 3.51. The summed E-state index contributed by atoms with van der Waals surface area (Å²) in [5.74, 6) is 0.831. The number of amides is 1. The minimum Gasteiger partial charge on any atom is -0.349 e. The smallest absolute Gasteiger partial charge is 0.227 e. The van der Waals surface area contributed by atoms with Crippen molar-refractivity contribution in [3.05, 3.63) is 35.0 Å². The number of carbonyl (C=O) groups is 1. The third-order valence-corrected chi connectivity index (χ3v) is 3.68. The normalized spacial score (nSPS) is 10.3. The second-order valence-electron chi connectivity index (χ2n) is 4.33. The standard InChI is InChI=1S/C13H16N4OS/c1-9-10(8-12(18)17(2)3)19-13(15-9)16-11-6-4-5-7-14-11/h4-7H,8H2,1-3H3,(H,14,15,16). The second kappa shape index (κ2) is 5.79. The Morgan fingerprint density at radius 3 is 2.84 bits per heavy atom. The lowest BCUT2D eigenvalue weighted by molar-refractivity contribution is -0.127. The highest BCUT2D eigenvalue weighted by atomic mass is 32.1. The van der Waals surface area contributed by atoms with E-state index in [-0.39, 0.29) is 5.91 Å². The molecule has 0 radical (unpaired) electrons. The Bertz CT molecular complexity index is 565. The molecule has 2 heterocycles. The number of carbonyl (C=O) groups excluding carboxylic acids is 1. The summed E-state index contributed by atoms with van der Waals surface area (Å²) < 4.78 is 0. The quantitative estimate of drug-likeness (QED) is 0.930. The number of thiazole rings is 1. The van der Waals surface area contributed by atoms with E-state index < -0.39 is 0 Å². The Morgan fingerprint density at radius 1 is 1.42 bits per heavy atom. The van der Waals surface area contributed by atoms with Crippen LogP contribution >= 0.6 is 11.3 Å². The number of nitrogens with one attached hydrogen (secondary N) is 1. The highest BCUT2D eigenvalue weighted by Gasteiger charge is 2.13. The molecule has 0 aliphatic rings. The number of likely N-dealkylation sites (N-methyl/N-ethyl adjacent to an activating group) is 1. The average molecular weight is 276 g/mol. The zero-order valence-electron chi connectivity index (χ0n) is 11.2. The predicted octanol–water partition coefficient (Wildman–Crippen LogP) is 2.22. The molecule has 0 unspecified atom stereocenters. The Hall–Kier alpha value is -1.95. The molecule has 0 aromatic carbocycles. The zero-order chi connectivity index (χ0) is 13.8. The third-order valence-electron chi connectivity index (χ3n) is 2.60. The molecule has 6 heteroatoms. The van der Waals surface area contributed by atoms with E-state index in [0.29, 0.717) is 6.42 Å². The summed E-state index contributed by atoms with van der Waals surface area (Å²) in [5.41, 5.74) is 0.888. The maximum absolute atomic E-state index is 11.7. The highest BCUT2D eigenvalue weighted by Crippen LogP contribution is 2.25. The molecule has 2 aromatic rings. The molecule has 0 atom stereocenters. The van der Waals surface area contributed by atoms with E-state index in [1.165, 1.54) is 11.3 Å². The fourth-order valence-electron chi connectivity index (χ4n) is 1.49. The van der Waals surface area contributed by atoms with Crippen molar-refractivity contribution in [3.63, 3.8) is 0 Å². The molecule has 100 valence electrons. The number of hydrogen-bond acceptors (Lipinski definition) is 5. The predicted molar refractivity (Wildman–Crippen MR) is 76.8 cm³/mol. The molecule has 5 nitrogen and oxygen atoms in total. The van der Waals surface area contributed by atoms with Gasteiger partial charge in [0.1, 0.15) is 5.82 Å². The lowest BCUT2D eigenvalue weighted by Crippen LogP contribution is -2.23. The van der Waals surface area contributed by atoms with Crippen molar-refractivity contribution >= 4 is 28.2 Å². The van der Waals surface area contributed by atoms with Gasteiger partial charge < -0.3 is 10.2 Å². The highest BCUT2D eigenvalue weighted by molar-refractivity contribution is 7.15. The largest absolute Gasteiger partial charge is 0.349 e. The molecule has 0 fully saturated rings. The van der Waals surface area contributed by atoms with Crippen LogP contribution < -0.4 is 5.32 Å². The van der Waals surface area contributed by atoms with Crippen molar-refractivity contribution < 1.29 is 4.79 Å². The fourth-order valence-corrected chi connectivity index (χ4v) is 2.45. The van der Waals surface area contributed by atoms with Crippen molar-refractivity contribution in [2.45, 2.75) is 13.3 Å². The monoisotopic (exact) mass is 276 g/mol. The Labute approximate surface area is 116 Å². The van der Waals surface area contributed by atoms with E-state index in [1.54, 1.807) is 25.2 Å². The van der Waals surface area contributed by atoms with Gasteiger partial charge >= 0.3 is 0 Å². The van der Waals surface area contributed by atoms with Crippen LogP contribution in [0.3, 0.4) is 0 Å². The van der Waals surface area contributed by atoms with Gasteiger partial charge in [0.2, 0.25) is 5.91 Å². The number of anilines is 2. The van der Waals surface area contributed by atoms with Crippen molar-refractivity contribution in [1.29, 1.82) is 0 Å². The van der Waals surface area contributed by atoms with Crippen molar-refractivity contribution in [2.24, 2.45) is 0 Å². The van der Waals surface area contributed by atoms with Crippen LogP contribution in [0.1, 0.15) is 10.6 Å². The van der Waals surface area contributed by atoms with Crippen molar-refractivity contribution in [1.82, 2.24) is 14.9 Å². The number of hydrogen-bond donors (Lipinski definition) is 1. The fraction of sp³-hybridized carbons (Fsp3) is 0.308. The molecular formula is C13H16N4OS. The van der Waals surface area contributed by atoms with E-state index in [9.17, 15) is 4.79 Å². The first-order valence-electron chi connectivity index (χ1n) is 5.91. The molecule has 0 saturated carbocycles. The minimum atomic E-state index is 0.0798. The van der Waals surface area contributed by atoms with Gasteiger partial charge in [0, 0.05) is 25.2 Å². The van der Waals surface area contributed by atoms with Crippen molar-refractivity contribution in [3.8, 4) is 0 Å². The Morgan fingerprint density at radius 2 is 2.21 bits per heavy atom. The Balaban J connectivity index is 2.11. The van der Waals surface area contributed by atoms with Gasteiger partial charge in [-0.3, -0.25) is 4.79 Å². The van der Waals surface area contributed by atoms with Crippen LogP contribution in [-0.4, -0.2) is 34.9 Å². The van der Waals surface area contributed by atoms with Gasteiger partial charge in [-0.2, -0.15) is 0 Å². The van der Waals surface area contributed by atoms with Gasteiger partial charge in [-0.15, -0.1) is 11.3 Å². The van der Waals surface area contributed by atoms with E-state index in [1.807, 2.05) is 25.1 Å². The van der Waals surface area contributed by atoms with Gasteiger partial charge in [0.05, 0.1) is 12.1 Å². The number of pyridine rings is 1. The first-order chi connectivity index (χ1) is 9.06. The van der Waals surface area contributed by atoms with Crippen LogP contribution in [0.15, 0.2) is 24.4 Å².